The van der Waals surface area contributed by atoms with Crippen molar-refractivity contribution in [1.82, 2.24) is 9.97 Å². The first-order valence-electron chi connectivity index (χ1n) is 16.7. The second-order valence-corrected chi connectivity index (χ2v) is 10.4. The minimum absolute atomic E-state index is 0. The van der Waals surface area contributed by atoms with Gasteiger partial charge in [0.15, 0.2) is 0 Å². The summed E-state index contributed by atoms with van der Waals surface area (Å²) in [7, 11) is 0. The Morgan fingerprint density at radius 3 is 2.09 bits per heavy atom. The van der Waals surface area contributed by atoms with Crippen molar-refractivity contribution in [2.24, 2.45) is 0 Å². The minimum Gasteiger partial charge on any atom is -0.497 e. The Kier molecular flexibility index (Phi) is 6.95. The van der Waals surface area contributed by atoms with Gasteiger partial charge in [-0.15, -0.1) is 35.4 Å². The summed E-state index contributed by atoms with van der Waals surface area (Å²) >= 11 is 0. The molecule has 0 fully saturated rings. The van der Waals surface area contributed by atoms with Crippen molar-refractivity contribution in [3.63, 3.8) is 0 Å². The zero-order valence-electron chi connectivity index (χ0n) is 29.9. The van der Waals surface area contributed by atoms with Crippen LogP contribution in [0.4, 0.5) is 0 Å². The molecule has 3 nitrogen and oxygen atoms in total. The molecule has 0 saturated carbocycles. The van der Waals surface area contributed by atoms with Gasteiger partial charge in [-0.1, -0.05) is 95.6 Å². The van der Waals surface area contributed by atoms with Crippen molar-refractivity contribution < 1.29 is 34.0 Å². The van der Waals surface area contributed by atoms with E-state index in [9.17, 15) is 0 Å². The molecule has 6 rings (SSSR count). The maximum absolute atomic E-state index is 8.02. The van der Waals surface area contributed by atoms with Crippen LogP contribution in [-0.4, -0.2) is 9.97 Å². The smallest absolute Gasteiger partial charge is 0.497 e. The number of aryl methyl sites for hydroxylation is 5. The van der Waals surface area contributed by atoms with E-state index in [4.69, 9.17) is 17.9 Å². The molecule has 0 N–H and O–H groups in total. The van der Waals surface area contributed by atoms with Crippen LogP contribution in [0, 0.1) is 46.6 Å². The third-order valence-electron chi connectivity index (χ3n) is 7.17. The number of rotatable bonds is 6. The van der Waals surface area contributed by atoms with E-state index in [0.717, 1.165) is 45.3 Å². The van der Waals surface area contributed by atoms with Crippen LogP contribution in [0.25, 0.3) is 44.8 Å². The van der Waals surface area contributed by atoms with Gasteiger partial charge in [-0.05, 0) is 79.2 Å². The summed E-state index contributed by atoms with van der Waals surface area (Å²) in [6.45, 7) is 0.951. The summed E-state index contributed by atoms with van der Waals surface area (Å²) in [5, 5.41) is 0. The van der Waals surface area contributed by atoms with Gasteiger partial charge in [0.05, 0.1) is 0 Å². The number of benzene rings is 4. The maximum atomic E-state index is 8.02. The van der Waals surface area contributed by atoms with Gasteiger partial charge >= 0.3 is 21.1 Å². The van der Waals surface area contributed by atoms with Gasteiger partial charge in [0.2, 0.25) is 0 Å². The van der Waals surface area contributed by atoms with Crippen LogP contribution in [0.3, 0.4) is 0 Å². The van der Waals surface area contributed by atoms with E-state index in [2.05, 4.69) is 55.2 Å². The molecule has 2 heterocycles. The molecule has 0 aliphatic heterocycles. The number of hydrogen-bond acceptors (Lipinski definition) is 3. The molecular formula is C39H32N2OPt. The van der Waals surface area contributed by atoms with Gasteiger partial charge < -0.3 is 14.7 Å². The predicted molar refractivity (Wildman–Crippen MR) is 172 cm³/mol. The topological polar surface area (TPSA) is 35.0 Å². The van der Waals surface area contributed by atoms with Crippen LogP contribution in [0.5, 0.6) is 11.5 Å². The zero-order chi connectivity index (χ0) is 34.2. The van der Waals surface area contributed by atoms with Gasteiger partial charge in [0, 0.05) is 32.1 Å². The number of pyridine rings is 2. The minimum atomic E-state index is -2.66. The molecule has 0 spiro atoms. The summed E-state index contributed by atoms with van der Waals surface area (Å²) in [5.74, 6) is 0.786. The van der Waals surface area contributed by atoms with E-state index >= 15 is 0 Å². The standard InChI is InChI=1S/C39H32N2O.Pt/c1-25-14-15-36(27(3)16-25)37-22-39(41-24-29(37)5)31-12-9-13-34(19-31)42-35-20-32(30-10-7-6-8-11-30)18-33(21-35)38-17-26(2)28(4)23-40-38;/h6-18,20,22-24H,1-5H3;/q-2;+2/i2D3,4D3;. The van der Waals surface area contributed by atoms with Gasteiger partial charge in [-0.25, -0.2) is 0 Å². The largest absolute Gasteiger partial charge is 2.00 e. The molecule has 0 aliphatic carbocycles. The molecule has 0 aliphatic rings. The average Bonchev–Trinajstić information content (AvgIpc) is 3.04. The number of hydrogen-bond donors (Lipinski definition) is 0. The molecule has 2 aromatic heterocycles. The molecule has 0 bridgehead atoms. The Labute approximate surface area is 277 Å². The summed E-state index contributed by atoms with van der Waals surface area (Å²) in [4.78, 5) is 9.07. The Bertz CT molecular complexity index is 2130. The van der Waals surface area contributed by atoms with Crippen LogP contribution < -0.4 is 4.74 Å². The van der Waals surface area contributed by atoms with Gasteiger partial charge in [0.1, 0.15) is 0 Å². The number of ether oxygens (including phenoxy) is 1. The summed E-state index contributed by atoms with van der Waals surface area (Å²) in [6.07, 6.45) is 2.98. The SMILES string of the molecule is [2H]C([2H])([2H])c1cnc(-c2[c-]c(Oc3[c-]c(-c4cc(-c5ccc(C)cc5C)c(C)cn4)ccc3)cc(-c3ccccc3)c2)cc1C([2H])([2H])[2H].[Pt+2]. The first-order chi connectivity index (χ1) is 22.8. The Hall–Kier alpha value is -4.33. The first kappa shape index (κ1) is 23.2. The molecule has 4 heteroatoms. The zero-order valence-corrected chi connectivity index (χ0v) is 26.2. The fourth-order valence-corrected chi connectivity index (χ4v) is 4.99. The normalized spacial score (nSPS) is 13.4. The van der Waals surface area contributed by atoms with E-state index in [0.29, 0.717) is 17.1 Å². The van der Waals surface area contributed by atoms with E-state index in [-0.39, 0.29) is 37.9 Å². The van der Waals surface area contributed by atoms with E-state index < -0.39 is 13.7 Å². The predicted octanol–water partition coefficient (Wildman–Crippen LogP) is 10.1. The van der Waals surface area contributed by atoms with E-state index in [1.807, 2.05) is 67.7 Å². The molecule has 0 atom stereocenters. The van der Waals surface area contributed by atoms with Gasteiger partial charge in [-0.3, -0.25) is 0 Å². The van der Waals surface area contributed by atoms with Crippen molar-refractivity contribution in [2.45, 2.75) is 34.5 Å². The third-order valence-corrected chi connectivity index (χ3v) is 7.17. The quantitative estimate of drug-likeness (QED) is 0.159. The first-order valence-corrected chi connectivity index (χ1v) is 13.7. The van der Waals surface area contributed by atoms with Crippen molar-refractivity contribution in [3.8, 4) is 56.3 Å². The molecule has 214 valence electrons. The maximum Gasteiger partial charge on any atom is 2.00 e. The van der Waals surface area contributed by atoms with E-state index in [1.54, 1.807) is 6.07 Å². The number of aromatic nitrogens is 2. The Morgan fingerprint density at radius 2 is 1.33 bits per heavy atom. The fourth-order valence-electron chi connectivity index (χ4n) is 4.99. The van der Waals surface area contributed by atoms with Crippen molar-refractivity contribution in [3.05, 3.63) is 143 Å². The van der Waals surface area contributed by atoms with Crippen LogP contribution in [0.15, 0.2) is 103 Å². The Balaban J connectivity index is 0.00000468. The number of nitrogens with zero attached hydrogens (tertiary/aromatic N) is 2. The molecule has 4 aromatic carbocycles. The molecule has 0 radical (unpaired) electrons. The van der Waals surface area contributed by atoms with Gasteiger partial charge in [0.25, 0.3) is 0 Å². The second-order valence-electron chi connectivity index (χ2n) is 10.4. The Morgan fingerprint density at radius 1 is 0.581 bits per heavy atom. The van der Waals surface area contributed by atoms with Crippen LogP contribution in [-0.2, 0) is 21.1 Å². The van der Waals surface area contributed by atoms with Crippen molar-refractivity contribution in [1.29, 1.82) is 0 Å². The monoisotopic (exact) mass is 745 g/mol. The molecule has 6 aromatic rings. The fraction of sp³-hybridized carbons (Fsp3) is 0.128. The van der Waals surface area contributed by atoms with Crippen molar-refractivity contribution >= 4 is 0 Å². The van der Waals surface area contributed by atoms with E-state index in [1.165, 1.54) is 17.2 Å². The van der Waals surface area contributed by atoms with Crippen LogP contribution in [0.1, 0.15) is 36.0 Å². The second kappa shape index (κ2) is 12.9. The third kappa shape index (κ3) is 6.68. The van der Waals surface area contributed by atoms with Crippen LogP contribution >= 0.6 is 0 Å². The van der Waals surface area contributed by atoms with Gasteiger partial charge in [-0.2, -0.15) is 0 Å². The molecular weight excluding hydrogens is 708 g/mol. The molecule has 0 unspecified atom stereocenters. The average molecular weight is 746 g/mol. The van der Waals surface area contributed by atoms with Crippen LogP contribution in [0.2, 0.25) is 0 Å². The molecule has 0 amide bonds. The molecule has 43 heavy (non-hydrogen) atoms. The summed E-state index contributed by atoms with van der Waals surface area (Å²) in [5.41, 5.74) is 9.02. The summed E-state index contributed by atoms with van der Waals surface area (Å²) in [6, 6.07) is 35.3. The van der Waals surface area contributed by atoms with Crippen molar-refractivity contribution in [2.75, 3.05) is 0 Å². The summed E-state index contributed by atoms with van der Waals surface area (Å²) < 4.78 is 53.9. The molecule has 0 saturated heterocycles.